The molecule has 0 unspecified atom stereocenters. The van der Waals surface area contributed by atoms with E-state index >= 15 is 0 Å². The van der Waals surface area contributed by atoms with Gasteiger partial charge in [-0.15, -0.1) is 0 Å². The topological polar surface area (TPSA) is 0 Å². The van der Waals surface area contributed by atoms with E-state index < -0.39 is 0 Å². The van der Waals surface area contributed by atoms with Gasteiger partial charge in [0.1, 0.15) is 7.28 Å². The summed E-state index contributed by atoms with van der Waals surface area (Å²) in [7, 11) is 1.19. The van der Waals surface area contributed by atoms with Crippen molar-refractivity contribution in [2.75, 3.05) is 0 Å². The second-order valence-electron chi connectivity index (χ2n) is 5.60. The van der Waals surface area contributed by atoms with E-state index in [0.717, 1.165) is 12.7 Å². The number of allylic oxidation sites excluding steroid dienone is 4. The van der Waals surface area contributed by atoms with E-state index in [0.29, 0.717) is 0 Å². The highest BCUT2D eigenvalue weighted by Gasteiger charge is 2.20. The maximum absolute atomic E-state index is 2.33. The monoisotopic (exact) mass is 240 g/mol. The molecule has 0 amide bonds. The molecule has 1 aromatic carbocycles. The van der Waals surface area contributed by atoms with Crippen molar-refractivity contribution in [2.45, 2.75) is 45.8 Å². The largest absolute Gasteiger partial charge is 0.137 e. The molecule has 0 nitrogen and oxygen atoms in total. The fourth-order valence-electron chi connectivity index (χ4n) is 2.00. The first-order valence-corrected chi connectivity index (χ1v) is 6.94. The number of hydrogen-bond acceptors (Lipinski definition) is 0. The van der Waals surface area contributed by atoms with Crippen LogP contribution in [-0.4, -0.2) is 7.28 Å². The lowest BCUT2D eigenvalue weighted by Gasteiger charge is -2.24. The molecule has 0 radical (unpaired) electrons. The number of benzene rings is 1. The summed E-state index contributed by atoms with van der Waals surface area (Å²) >= 11 is 0. The molecule has 0 spiro atoms. The predicted octanol–water partition coefficient (Wildman–Crippen LogP) is 4.69. The molecular formula is C17H25B. The van der Waals surface area contributed by atoms with E-state index in [1.165, 1.54) is 18.4 Å². The van der Waals surface area contributed by atoms with Gasteiger partial charge < -0.3 is 0 Å². The summed E-state index contributed by atoms with van der Waals surface area (Å²) in [5.41, 5.74) is 2.89. The first-order chi connectivity index (χ1) is 8.56. The van der Waals surface area contributed by atoms with E-state index in [1.54, 1.807) is 0 Å². The Bertz CT molecular complexity index is 399. The van der Waals surface area contributed by atoms with Crippen LogP contribution >= 0.6 is 0 Å². The van der Waals surface area contributed by atoms with Crippen LogP contribution in [0.1, 0.15) is 39.7 Å². The van der Waals surface area contributed by atoms with Gasteiger partial charge in [-0.2, -0.15) is 0 Å². The molecule has 0 atom stereocenters. The second kappa shape index (κ2) is 7.26. The maximum Gasteiger partial charge on any atom is 0.137 e. The van der Waals surface area contributed by atoms with Gasteiger partial charge in [0.15, 0.2) is 0 Å². The first kappa shape index (κ1) is 14.8. The molecule has 0 aromatic heterocycles. The van der Waals surface area contributed by atoms with E-state index in [1.807, 2.05) is 0 Å². The minimum Gasteiger partial charge on any atom is -0.0848 e. The van der Waals surface area contributed by atoms with Crippen molar-refractivity contribution < 1.29 is 0 Å². The normalized spacial score (nSPS) is 13.0. The second-order valence-corrected chi connectivity index (χ2v) is 5.60. The summed E-state index contributed by atoms with van der Waals surface area (Å²) in [6, 6.07) is 10.8. The standard InChI is InChI=1S/C17H25B/c1-5-6-8-11-15(2)14-18-17(3,4)16-12-9-7-10-13-16/h6-13,18H,5,14H2,1-4H3/b8-6-,15-11+. The maximum atomic E-state index is 2.33. The average Bonchev–Trinajstić information content (AvgIpc) is 2.38. The summed E-state index contributed by atoms with van der Waals surface area (Å²) in [6.07, 6.45) is 8.89. The molecule has 0 fully saturated rings. The number of rotatable bonds is 6. The lowest BCUT2D eigenvalue weighted by molar-refractivity contribution is 0.748. The van der Waals surface area contributed by atoms with Crippen LogP contribution in [0.15, 0.2) is 54.1 Å². The Kier molecular flexibility index (Phi) is 5.98. The molecule has 0 N–H and O–H groups in total. The summed E-state index contributed by atoms with van der Waals surface area (Å²) < 4.78 is 0. The van der Waals surface area contributed by atoms with Crippen LogP contribution in [0, 0.1) is 0 Å². The van der Waals surface area contributed by atoms with Crippen LogP contribution in [0.5, 0.6) is 0 Å². The van der Waals surface area contributed by atoms with Gasteiger partial charge in [0.25, 0.3) is 0 Å². The quantitative estimate of drug-likeness (QED) is 0.500. The Hall–Kier alpha value is -1.24. The van der Waals surface area contributed by atoms with Gasteiger partial charge in [-0.05, 0) is 24.2 Å². The van der Waals surface area contributed by atoms with E-state index in [4.69, 9.17) is 0 Å². The highest BCUT2D eigenvalue weighted by atomic mass is 14.1. The van der Waals surface area contributed by atoms with Crippen LogP contribution in [0.3, 0.4) is 0 Å². The van der Waals surface area contributed by atoms with Crippen molar-refractivity contribution >= 4 is 7.28 Å². The Balaban J connectivity index is 2.57. The van der Waals surface area contributed by atoms with Crippen molar-refractivity contribution in [1.29, 1.82) is 0 Å². The van der Waals surface area contributed by atoms with Crippen LogP contribution in [0.2, 0.25) is 6.32 Å². The molecule has 0 aliphatic heterocycles. The van der Waals surface area contributed by atoms with Gasteiger partial charge in [-0.3, -0.25) is 0 Å². The Labute approximate surface area is 113 Å². The van der Waals surface area contributed by atoms with E-state index in [2.05, 4.69) is 76.3 Å². The third-order valence-corrected chi connectivity index (χ3v) is 3.45. The molecule has 0 saturated carbocycles. The lowest BCUT2D eigenvalue weighted by atomic mass is 9.49. The zero-order valence-electron chi connectivity index (χ0n) is 12.2. The zero-order chi connectivity index (χ0) is 13.4. The molecular weight excluding hydrogens is 215 g/mol. The van der Waals surface area contributed by atoms with Gasteiger partial charge in [0.05, 0.1) is 0 Å². The minimum atomic E-state index is 0.255. The zero-order valence-corrected chi connectivity index (χ0v) is 12.2. The Morgan fingerprint density at radius 2 is 1.89 bits per heavy atom. The van der Waals surface area contributed by atoms with Gasteiger partial charge in [0.2, 0.25) is 0 Å². The summed E-state index contributed by atoms with van der Waals surface area (Å²) in [5, 5.41) is 0.255. The van der Waals surface area contributed by atoms with Gasteiger partial charge in [-0.25, -0.2) is 0 Å². The van der Waals surface area contributed by atoms with Crippen LogP contribution < -0.4 is 0 Å². The third kappa shape index (κ3) is 4.95. The SMILES string of the molecule is CC/C=C\C=C(/C)CBC(C)(C)c1ccccc1. The lowest BCUT2D eigenvalue weighted by Crippen LogP contribution is -2.25. The Morgan fingerprint density at radius 1 is 1.22 bits per heavy atom. The van der Waals surface area contributed by atoms with Crippen LogP contribution in [0.25, 0.3) is 0 Å². The predicted molar refractivity (Wildman–Crippen MR) is 84.6 cm³/mol. The summed E-state index contributed by atoms with van der Waals surface area (Å²) in [6.45, 7) is 9.05. The molecule has 1 aromatic rings. The van der Waals surface area contributed by atoms with Crippen molar-refractivity contribution in [1.82, 2.24) is 0 Å². The molecule has 0 saturated heterocycles. The van der Waals surface area contributed by atoms with Crippen molar-refractivity contribution in [3.63, 3.8) is 0 Å². The molecule has 1 heteroatoms. The smallest absolute Gasteiger partial charge is 0.0848 e. The van der Waals surface area contributed by atoms with Crippen molar-refractivity contribution in [3.05, 3.63) is 59.7 Å². The minimum absolute atomic E-state index is 0.255. The average molecular weight is 240 g/mol. The van der Waals surface area contributed by atoms with Crippen LogP contribution in [0.4, 0.5) is 0 Å². The number of hydrogen-bond donors (Lipinski definition) is 0. The fraction of sp³-hybridized carbons (Fsp3) is 0.412. The molecule has 18 heavy (non-hydrogen) atoms. The first-order valence-electron chi connectivity index (χ1n) is 6.94. The van der Waals surface area contributed by atoms with Gasteiger partial charge in [-0.1, -0.05) is 81.2 Å². The molecule has 0 heterocycles. The molecule has 0 aliphatic carbocycles. The van der Waals surface area contributed by atoms with Crippen LogP contribution in [-0.2, 0) is 5.31 Å². The molecule has 0 aliphatic rings. The van der Waals surface area contributed by atoms with Gasteiger partial charge in [0, 0.05) is 0 Å². The van der Waals surface area contributed by atoms with Crippen molar-refractivity contribution in [2.24, 2.45) is 0 Å². The van der Waals surface area contributed by atoms with Gasteiger partial charge >= 0.3 is 0 Å². The summed E-state index contributed by atoms with van der Waals surface area (Å²) in [5.74, 6) is 0. The fourth-order valence-corrected chi connectivity index (χ4v) is 2.00. The highest BCUT2D eigenvalue weighted by molar-refractivity contribution is 6.40. The molecule has 96 valence electrons. The van der Waals surface area contributed by atoms with E-state index in [-0.39, 0.29) is 5.31 Å². The van der Waals surface area contributed by atoms with Crippen molar-refractivity contribution in [3.8, 4) is 0 Å². The highest BCUT2D eigenvalue weighted by Crippen LogP contribution is 2.23. The summed E-state index contributed by atoms with van der Waals surface area (Å²) in [4.78, 5) is 0. The molecule has 0 bridgehead atoms. The third-order valence-electron chi connectivity index (χ3n) is 3.45. The Morgan fingerprint density at radius 3 is 2.50 bits per heavy atom. The van der Waals surface area contributed by atoms with E-state index in [9.17, 15) is 0 Å². The molecule has 1 rings (SSSR count).